The standard InChI is InChI=1S/C13H18N2O2/c1-5-6-11(15(2)3)13(16)10-7-8-12(17-4)14-9-10/h5-9,13,16H,1H2,2-4H3/b11-6-. The summed E-state index contributed by atoms with van der Waals surface area (Å²) < 4.78 is 4.97. The maximum atomic E-state index is 10.2. The molecule has 0 bridgehead atoms. The second kappa shape index (κ2) is 6.06. The summed E-state index contributed by atoms with van der Waals surface area (Å²) in [5.41, 5.74) is 1.47. The third-order valence-corrected chi connectivity index (χ3v) is 2.37. The van der Waals surface area contributed by atoms with Crippen molar-refractivity contribution < 1.29 is 9.84 Å². The summed E-state index contributed by atoms with van der Waals surface area (Å²) in [6.07, 6.45) is 4.30. The highest BCUT2D eigenvalue weighted by molar-refractivity contribution is 5.27. The van der Waals surface area contributed by atoms with Crippen LogP contribution in [0.4, 0.5) is 0 Å². The van der Waals surface area contributed by atoms with Crippen LogP contribution < -0.4 is 4.74 Å². The summed E-state index contributed by atoms with van der Waals surface area (Å²) in [4.78, 5) is 5.91. The number of rotatable bonds is 5. The van der Waals surface area contributed by atoms with Gasteiger partial charge in [0, 0.05) is 37.6 Å². The third-order valence-electron chi connectivity index (χ3n) is 2.37. The van der Waals surface area contributed by atoms with Gasteiger partial charge in [0.25, 0.3) is 0 Å². The number of pyridine rings is 1. The summed E-state index contributed by atoms with van der Waals surface area (Å²) >= 11 is 0. The van der Waals surface area contributed by atoms with Gasteiger partial charge in [0.05, 0.1) is 7.11 Å². The van der Waals surface area contributed by atoms with Gasteiger partial charge in [-0.1, -0.05) is 12.7 Å². The highest BCUT2D eigenvalue weighted by atomic mass is 16.5. The second-order valence-electron chi connectivity index (χ2n) is 3.76. The number of nitrogens with zero attached hydrogens (tertiary/aromatic N) is 2. The Morgan fingerprint density at radius 3 is 2.65 bits per heavy atom. The lowest BCUT2D eigenvalue weighted by Crippen LogP contribution is -2.18. The largest absolute Gasteiger partial charge is 0.481 e. The molecule has 0 radical (unpaired) electrons. The Morgan fingerprint density at radius 1 is 1.53 bits per heavy atom. The van der Waals surface area contributed by atoms with Crippen LogP contribution in [0.5, 0.6) is 5.88 Å². The minimum Gasteiger partial charge on any atom is -0.481 e. The lowest BCUT2D eigenvalue weighted by molar-refractivity contribution is 0.182. The van der Waals surface area contributed by atoms with Crippen LogP contribution in [0.25, 0.3) is 0 Å². The summed E-state index contributed by atoms with van der Waals surface area (Å²) in [5, 5.41) is 10.2. The fourth-order valence-corrected chi connectivity index (χ4v) is 1.45. The summed E-state index contributed by atoms with van der Waals surface area (Å²) in [6.45, 7) is 3.64. The van der Waals surface area contributed by atoms with E-state index in [1.165, 1.54) is 0 Å². The molecule has 4 nitrogen and oxygen atoms in total. The van der Waals surface area contributed by atoms with E-state index in [9.17, 15) is 5.11 Å². The lowest BCUT2D eigenvalue weighted by atomic mass is 10.1. The quantitative estimate of drug-likeness (QED) is 0.788. The zero-order valence-electron chi connectivity index (χ0n) is 10.4. The van der Waals surface area contributed by atoms with Crippen LogP contribution >= 0.6 is 0 Å². The van der Waals surface area contributed by atoms with E-state index in [1.807, 2.05) is 19.0 Å². The molecule has 1 unspecified atom stereocenters. The average molecular weight is 234 g/mol. The van der Waals surface area contributed by atoms with E-state index in [0.29, 0.717) is 11.4 Å². The molecule has 92 valence electrons. The normalized spacial score (nSPS) is 13.1. The van der Waals surface area contributed by atoms with Gasteiger partial charge in [0.2, 0.25) is 5.88 Å². The highest BCUT2D eigenvalue weighted by Gasteiger charge is 2.15. The molecule has 1 atom stereocenters. The van der Waals surface area contributed by atoms with Crippen LogP contribution in [0.1, 0.15) is 11.7 Å². The van der Waals surface area contributed by atoms with Gasteiger partial charge in [0.1, 0.15) is 6.10 Å². The van der Waals surface area contributed by atoms with Crippen LogP contribution in [0, 0.1) is 0 Å². The van der Waals surface area contributed by atoms with Crippen molar-refractivity contribution in [2.75, 3.05) is 21.2 Å². The van der Waals surface area contributed by atoms with Gasteiger partial charge in [-0.05, 0) is 12.1 Å². The van der Waals surface area contributed by atoms with Crippen molar-refractivity contribution in [2.24, 2.45) is 0 Å². The topological polar surface area (TPSA) is 45.6 Å². The van der Waals surface area contributed by atoms with E-state index in [-0.39, 0.29) is 0 Å². The van der Waals surface area contributed by atoms with E-state index in [1.54, 1.807) is 37.6 Å². The van der Waals surface area contributed by atoms with Crippen molar-refractivity contribution in [2.45, 2.75) is 6.10 Å². The summed E-state index contributed by atoms with van der Waals surface area (Å²) in [5.74, 6) is 0.528. The smallest absolute Gasteiger partial charge is 0.212 e. The number of methoxy groups -OCH3 is 1. The number of ether oxygens (including phenoxy) is 1. The first-order valence-corrected chi connectivity index (χ1v) is 5.28. The Bertz CT molecular complexity index is 396. The minimum absolute atomic E-state index is 0.528. The van der Waals surface area contributed by atoms with Gasteiger partial charge in [-0.2, -0.15) is 0 Å². The molecule has 4 heteroatoms. The third kappa shape index (κ3) is 3.32. The van der Waals surface area contributed by atoms with Crippen LogP contribution in [0.3, 0.4) is 0 Å². The Balaban J connectivity index is 2.97. The van der Waals surface area contributed by atoms with E-state index < -0.39 is 6.10 Å². The first-order valence-electron chi connectivity index (χ1n) is 5.28. The molecule has 1 rings (SSSR count). The monoisotopic (exact) mass is 234 g/mol. The molecule has 0 amide bonds. The van der Waals surface area contributed by atoms with Gasteiger partial charge in [-0.25, -0.2) is 4.98 Å². The van der Waals surface area contributed by atoms with Crippen molar-refractivity contribution in [3.05, 3.63) is 48.3 Å². The van der Waals surface area contributed by atoms with Crippen LogP contribution in [-0.4, -0.2) is 36.2 Å². The van der Waals surface area contributed by atoms with Crippen LogP contribution in [-0.2, 0) is 0 Å². The molecule has 0 aliphatic carbocycles. The molecule has 0 aliphatic heterocycles. The molecule has 0 aliphatic rings. The number of aliphatic hydroxyl groups is 1. The van der Waals surface area contributed by atoms with Crippen molar-refractivity contribution in [1.82, 2.24) is 9.88 Å². The number of aliphatic hydroxyl groups excluding tert-OH is 1. The molecule has 1 aromatic heterocycles. The molecule has 1 N–H and O–H groups in total. The van der Waals surface area contributed by atoms with Gasteiger partial charge < -0.3 is 14.7 Å². The molecule has 1 aromatic rings. The first kappa shape index (κ1) is 13.3. The van der Waals surface area contributed by atoms with Crippen molar-refractivity contribution >= 4 is 0 Å². The van der Waals surface area contributed by atoms with Crippen LogP contribution in [0.15, 0.2) is 42.8 Å². The van der Waals surface area contributed by atoms with E-state index in [4.69, 9.17) is 4.74 Å². The first-order chi connectivity index (χ1) is 8.10. The van der Waals surface area contributed by atoms with Gasteiger partial charge in [0.15, 0.2) is 0 Å². The molecule has 0 fully saturated rings. The fraction of sp³-hybridized carbons (Fsp3) is 0.308. The molecular weight excluding hydrogens is 216 g/mol. The lowest BCUT2D eigenvalue weighted by Gasteiger charge is -2.22. The van der Waals surface area contributed by atoms with E-state index >= 15 is 0 Å². The van der Waals surface area contributed by atoms with Crippen LogP contribution in [0.2, 0.25) is 0 Å². The van der Waals surface area contributed by atoms with E-state index in [0.717, 1.165) is 5.70 Å². The van der Waals surface area contributed by atoms with Crippen molar-refractivity contribution in [3.63, 3.8) is 0 Å². The Hall–Kier alpha value is -1.81. The fourth-order valence-electron chi connectivity index (χ4n) is 1.45. The van der Waals surface area contributed by atoms with Gasteiger partial charge in [-0.3, -0.25) is 0 Å². The zero-order valence-corrected chi connectivity index (χ0v) is 10.4. The number of aromatic nitrogens is 1. The number of hydrogen-bond acceptors (Lipinski definition) is 4. The number of likely N-dealkylation sites (N-methyl/N-ethyl adjacent to an activating group) is 1. The molecule has 0 spiro atoms. The Labute approximate surface area is 102 Å². The Kier molecular flexibility index (Phi) is 4.72. The van der Waals surface area contributed by atoms with Crippen molar-refractivity contribution in [3.8, 4) is 5.88 Å². The predicted octanol–water partition coefficient (Wildman–Crippen LogP) is 1.76. The molecule has 1 heterocycles. The minimum atomic E-state index is -0.721. The Morgan fingerprint density at radius 2 is 2.24 bits per heavy atom. The maximum Gasteiger partial charge on any atom is 0.212 e. The summed E-state index contributed by atoms with van der Waals surface area (Å²) in [7, 11) is 5.30. The molecule has 0 saturated carbocycles. The molecule has 0 aromatic carbocycles. The average Bonchev–Trinajstić information content (AvgIpc) is 2.35. The van der Waals surface area contributed by atoms with Gasteiger partial charge >= 0.3 is 0 Å². The molecule has 0 saturated heterocycles. The number of allylic oxidation sites excluding steroid dienone is 2. The van der Waals surface area contributed by atoms with Crippen molar-refractivity contribution in [1.29, 1.82) is 0 Å². The maximum absolute atomic E-state index is 10.2. The molecular formula is C13H18N2O2. The van der Waals surface area contributed by atoms with Gasteiger partial charge in [-0.15, -0.1) is 0 Å². The zero-order chi connectivity index (χ0) is 12.8. The summed E-state index contributed by atoms with van der Waals surface area (Å²) in [6, 6.07) is 3.51. The highest BCUT2D eigenvalue weighted by Crippen LogP contribution is 2.23. The predicted molar refractivity (Wildman–Crippen MR) is 67.7 cm³/mol. The number of hydrogen-bond donors (Lipinski definition) is 1. The van der Waals surface area contributed by atoms with E-state index in [2.05, 4.69) is 11.6 Å². The molecule has 17 heavy (non-hydrogen) atoms. The second-order valence-corrected chi connectivity index (χ2v) is 3.76. The SMILES string of the molecule is C=C/C=C(/C(O)c1ccc(OC)nc1)N(C)C.